The Bertz CT molecular complexity index is 1240. The second kappa shape index (κ2) is 14.5. The highest BCUT2D eigenvalue weighted by atomic mass is 32.2. The molecule has 0 heterocycles. The first kappa shape index (κ1) is 32.2. The molecule has 39 heavy (non-hydrogen) atoms. The first-order valence-corrected chi connectivity index (χ1v) is 16.9. The lowest BCUT2D eigenvalue weighted by Gasteiger charge is -2.21. The second-order valence-corrected chi connectivity index (χ2v) is 16.7. The summed E-state index contributed by atoms with van der Waals surface area (Å²) in [7, 11) is 0. The average Bonchev–Trinajstić information content (AvgIpc) is 3.54. The molecule has 1 aliphatic rings. The molecule has 0 aliphatic heterocycles. The largest absolute Gasteiger partial charge is 0.497 e. The van der Waals surface area contributed by atoms with Crippen LogP contribution in [0.4, 0.5) is 0 Å². The summed E-state index contributed by atoms with van der Waals surface area (Å²) in [5, 5.41) is 0. The molecule has 10 heteroatoms. The molecule has 0 bridgehead atoms. The van der Waals surface area contributed by atoms with Gasteiger partial charge in [-0.15, -0.1) is 23.5 Å². The van der Waals surface area contributed by atoms with Crippen LogP contribution in [0.5, 0.6) is 0 Å². The number of ketones is 1. The van der Waals surface area contributed by atoms with Crippen molar-refractivity contribution in [3.63, 3.8) is 0 Å². The van der Waals surface area contributed by atoms with E-state index in [2.05, 4.69) is 13.0 Å². The summed E-state index contributed by atoms with van der Waals surface area (Å²) >= 11 is 17.1. The molecule has 0 amide bonds. The molecule has 4 nitrogen and oxygen atoms in total. The van der Waals surface area contributed by atoms with Crippen molar-refractivity contribution < 1.29 is 19.1 Å². The van der Waals surface area contributed by atoms with Gasteiger partial charge in [0, 0.05) is 22.6 Å². The number of hydrogen-bond donors (Lipinski definition) is 0. The minimum absolute atomic E-state index is 0.0158. The smallest absolute Gasteiger partial charge is 0.322 e. The van der Waals surface area contributed by atoms with Crippen molar-refractivity contribution in [1.82, 2.24) is 0 Å². The van der Waals surface area contributed by atoms with Crippen LogP contribution in [0, 0.1) is 0 Å². The predicted octanol–water partition coefficient (Wildman–Crippen LogP) is 8.45. The highest BCUT2D eigenvalue weighted by Crippen LogP contribution is 2.49. The van der Waals surface area contributed by atoms with Crippen molar-refractivity contribution in [3.8, 4) is 0 Å². The van der Waals surface area contributed by atoms with E-state index >= 15 is 0 Å². The lowest BCUT2D eigenvalue weighted by Crippen LogP contribution is -2.30. The quantitative estimate of drug-likeness (QED) is 0.129. The number of thiocarbonyl (C=S) groups is 2. The number of thioether (sulfide) groups is 4. The molecule has 2 aromatic rings. The molecule has 3 rings (SSSR count). The summed E-state index contributed by atoms with van der Waals surface area (Å²) in [6, 6.07) is 15.3. The standard InChI is InChI=1S/C29H32O4S6/c1-6-32-23-16-29(23,5)39-27(35)37-18-20-10-14-22(15-11-20)24(30)21-12-8-19(9-13-21)17-36-26(34)38-28(3,4)25(31)33-7-2/h8-16H,6-7,17-18H2,1-5H3. The summed E-state index contributed by atoms with van der Waals surface area (Å²) in [6.45, 7) is 10.5. The van der Waals surface area contributed by atoms with Crippen molar-refractivity contribution in [3.05, 3.63) is 82.6 Å². The maximum Gasteiger partial charge on any atom is 0.322 e. The van der Waals surface area contributed by atoms with Gasteiger partial charge in [-0.3, -0.25) is 9.59 Å². The van der Waals surface area contributed by atoms with Crippen LogP contribution >= 0.6 is 71.5 Å². The average molecular weight is 637 g/mol. The monoisotopic (exact) mass is 636 g/mol. The number of ether oxygens (including phenoxy) is 2. The lowest BCUT2D eigenvalue weighted by atomic mass is 10.0. The Morgan fingerprint density at radius 2 is 1.36 bits per heavy atom. The van der Waals surface area contributed by atoms with Crippen LogP contribution in [-0.4, -0.2) is 41.5 Å². The van der Waals surface area contributed by atoms with Crippen LogP contribution in [0.2, 0.25) is 0 Å². The van der Waals surface area contributed by atoms with Crippen molar-refractivity contribution in [1.29, 1.82) is 0 Å². The highest BCUT2D eigenvalue weighted by Gasteiger charge is 2.43. The van der Waals surface area contributed by atoms with Gasteiger partial charge in [0.2, 0.25) is 0 Å². The third-order valence-electron chi connectivity index (χ3n) is 5.66. The number of esters is 1. The van der Waals surface area contributed by atoms with Crippen LogP contribution < -0.4 is 0 Å². The second-order valence-electron chi connectivity index (χ2n) is 9.28. The number of benzene rings is 2. The Kier molecular flexibility index (Phi) is 12.0. The van der Waals surface area contributed by atoms with E-state index in [9.17, 15) is 9.59 Å². The van der Waals surface area contributed by atoms with E-state index in [1.54, 1.807) is 30.4 Å². The van der Waals surface area contributed by atoms with Crippen LogP contribution in [0.15, 0.2) is 60.4 Å². The maximum absolute atomic E-state index is 13.0. The van der Waals surface area contributed by atoms with Gasteiger partial charge >= 0.3 is 5.97 Å². The molecule has 0 fully saturated rings. The molecular weight excluding hydrogens is 605 g/mol. The molecule has 0 saturated carbocycles. The zero-order valence-electron chi connectivity index (χ0n) is 22.6. The van der Waals surface area contributed by atoms with Gasteiger partial charge in [-0.2, -0.15) is 0 Å². The van der Waals surface area contributed by atoms with E-state index < -0.39 is 4.75 Å². The van der Waals surface area contributed by atoms with E-state index in [1.165, 1.54) is 23.5 Å². The fourth-order valence-electron chi connectivity index (χ4n) is 3.38. The number of carbonyl (C=O) groups is 2. The zero-order chi connectivity index (χ0) is 28.6. The first-order chi connectivity index (χ1) is 18.5. The summed E-state index contributed by atoms with van der Waals surface area (Å²) in [4.78, 5) is 25.1. The van der Waals surface area contributed by atoms with Crippen molar-refractivity contribution in [2.45, 2.75) is 55.6 Å². The Hall–Kier alpha value is -1.30. The van der Waals surface area contributed by atoms with E-state index in [0.29, 0.717) is 33.6 Å². The Labute approximate surface area is 259 Å². The molecule has 0 radical (unpaired) electrons. The van der Waals surface area contributed by atoms with Crippen molar-refractivity contribution in [2.24, 2.45) is 0 Å². The van der Waals surface area contributed by atoms with E-state index in [4.69, 9.17) is 33.9 Å². The summed E-state index contributed by atoms with van der Waals surface area (Å²) in [5.74, 6) is 2.13. The third-order valence-corrected chi connectivity index (χ3v) is 11.3. The molecule has 208 valence electrons. The predicted molar refractivity (Wildman–Crippen MR) is 178 cm³/mol. The van der Waals surface area contributed by atoms with E-state index in [-0.39, 0.29) is 16.5 Å². The molecule has 0 N–H and O–H groups in total. The molecule has 1 aliphatic carbocycles. The van der Waals surface area contributed by atoms with Gasteiger partial charge in [0.05, 0.1) is 18.0 Å². The number of hydrogen-bond acceptors (Lipinski definition) is 10. The molecule has 2 aromatic carbocycles. The maximum atomic E-state index is 13.0. The van der Waals surface area contributed by atoms with Gasteiger partial charge in [-0.05, 0) is 51.8 Å². The molecule has 0 saturated heterocycles. The minimum atomic E-state index is -0.727. The number of rotatable bonds is 12. The molecule has 0 aromatic heterocycles. The fourth-order valence-corrected chi connectivity index (χ4v) is 9.03. The van der Waals surface area contributed by atoms with Crippen LogP contribution in [0.25, 0.3) is 0 Å². The van der Waals surface area contributed by atoms with Crippen LogP contribution in [0.3, 0.4) is 0 Å². The Balaban J connectivity index is 1.46. The molecule has 0 spiro atoms. The normalized spacial score (nSPS) is 16.3. The van der Waals surface area contributed by atoms with Gasteiger partial charge in [-0.25, -0.2) is 0 Å². The Morgan fingerprint density at radius 3 is 1.85 bits per heavy atom. The van der Waals surface area contributed by atoms with Gasteiger partial charge in [0.15, 0.2) is 5.78 Å². The van der Waals surface area contributed by atoms with Gasteiger partial charge in [0.25, 0.3) is 0 Å². The summed E-state index contributed by atoms with van der Waals surface area (Å²) in [6.07, 6.45) is 2.10. The zero-order valence-corrected chi connectivity index (χ0v) is 27.5. The summed E-state index contributed by atoms with van der Waals surface area (Å²) < 4.78 is 11.4. The van der Waals surface area contributed by atoms with Crippen LogP contribution in [0.1, 0.15) is 61.7 Å². The SMILES string of the molecule is CCOC(=O)C(C)(C)SC(=S)SCc1ccc(C(=O)c2ccc(CSC(=S)SC3(C)C=C3OCC)cc2)cc1. The minimum Gasteiger partial charge on any atom is -0.497 e. The molecular formula is C29H32O4S6. The van der Waals surface area contributed by atoms with E-state index in [0.717, 1.165) is 26.2 Å². The lowest BCUT2D eigenvalue weighted by molar-refractivity contribution is -0.145. The molecule has 1 atom stereocenters. The molecule has 1 unspecified atom stereocenters. The Morgan fingerprint density at radius 1 is 0.846 bits per heavy atom. The van der Waals surface area contributed by atoms with Gasteiger partial charge in [-0.1, -0.05) is 96.5 Å². The third kappa shape index (κ3) is 9.64. The fraction of sp³-hybridized carbons (Fsp3) is 0.379. The van der Waals surface area contributed by atoms with Gasteiger partial charge < -0.3 is 9.47 Å². The van der Waals surface area contributed by atoms with Gasteiger partial charge in [0.1, 0.15) is 17.6 Å². The van der Waals surface area contributed by atoms with Crippen molar-refractivity contribution in [2.75, 3.05) is 13.2 Å². The topological polar surface area (TPSA) is 52.6 Å². The summed E-state index contributed by atoms with van der Waals surface area (Å²) in [5.41, 5.74) is 3.46. The number of carbonyl (C=O) groups excluding carboxylic acids is 2. The van der Waals surface area contributed by atoms with Crippen LogP contribution in [-0.2, 0) is 25.8 Å². The highest BCUT2D eigenvalue weighted by molar-refractivity contribution is 8.48. The first-order valence-electron chi connectivity index (χ1n) is 12.4. The van der Waals surface area contributed by atoms with Crippen molar-refractivity contribution >= 4 is 90.3 Å². The van der Waals surface area contributed by atoms with E-state index in [1.807, 2.05) is 69.3 Å².